The predicted molar refractivity (Wildman–Crippen MR) is 83.8 cm³/mol. The Kier molecular flexibility index (Phi) is 3.61. The second-order valence-electron chi connectivity index (χ2n) is 5.79. The Balaban J connectivity index is 1.77. The third-order valence-corrected chi connectivity index (χ3v) is 3.22. The van der Waals surface area contributed by atoms with Gasteiger partial charge < -0.3 is 0 Å². The van der Waals surface area contributed by atoms with Gasteiger partial charge >= 0.3 is 0 Å². The lowest BCUT2D eigenvalue weighted by atomic mass is 10.0. The summed E-state index contributed by atoms with van der Waals surface area (Å²) in [6.45, 7) is 3.93. The molecule has 1 aliphatic rings. The standard InChI is InChI=1S/C17H16N4O/c1-17(2)10-15(22)21(20-17)16-18-11-14(12-19-16)9-8-13-6-4-3-5-7-13/h3-7,11-12,20H,10H2,1-2H3. The molecule has 2 aromatic rings. The summed E-state index contributed by atoms with van der Waals surface area (Å²) in [6.07, 6.45) is 3.67. The number of anilines is 1. The zero-order chi connectivity index (χ0) is 15.6. The number of hydrogen-bond acceptors (Lipinski definition) is 4. The number of nitrogens with one attached hydrogen (secondary N) is 1. The SMILES string of the molecule is CC1(C)CC(=O)N(c2ncc(C#Cc3ccccc3)cn2)N1. The van der Waals surface area contributed by atoms with Crippen LogP contribution in [0.1, 0.15) is 31.4 Å². The van der Waals surface area contributed by atoms with Crippen molar-refractivity contribution in [3.05, 3.63) is 53.9 Å². The van der Waals surface area contributed by atoms with Gasteiger partial charge in [0, 0.05) is 29.9 Å². The quantitative estimate of drug-likeness (QED) is 0.816. The topological polar surface area (TPSA) is 58.1 Å². The molecule has 5 nitrogen and oxygen atoms in total. The van der Waals surface area contributed by atoms with Crippen LogP contribution in [0.3, 0.4) is 0 Å². The van der Waals surface area contributed by atoms with Crippen LogP contribution >= 0.6 is 0 Å². The molecule has 1 aromatic heterocycles. The number of nitrogens with zero attached hydrogens (tertiary/aromatic N) is 3. The van der Waals surface area contributed by atoms with Gasteiger partial charge in [0.05, 0.1) is 5.56 Å². The minimum absolute atomic E-state index is 0.0341. The van der Waals surface area contributed by atoms with E-state index in [2.05, 4.69) is 27.2 Å². The Hall–Kier alpha value is -2.71. The van der Waals surface area contributed by atoms with Crippen LogP contribution in [0.2, 0.25) is 0 Å². The number of amides is 1. The highest BCUT2D eigenvalue weighted by molar-refractivity contribution is 5.93. The molecule has 1 saturated heterocycles. The average Bonchev–Trinajstić information content (AvgIpc) is 2.80. The van der Waals surface area contributed by atoms with Crippen LogP contribution in [0.15, 0.2) is 42.7 Å². The fraction of sp³-hybridized carbons (Fsp3) is 0.235. The zero-order valence-corrected chi connectivity index (χ0v) is 12.5. The zero-order valence-electron chi connectivity index (χ0n) is 12.5. The molecule has 0 unspecified atom stereocenters. The van der Waals surface area contributed by atoms with Gasteiger partial charge in [-0.2, -0.15) is 0 Å². The van der Waals surface area contributed by atoms with Crippen LogP contribution in [0.25, 0.3) is 0 Å². The summed E-state index contributed by atoms with van der Waals surface area (Å²) in [7, 11) is 0. The minimum atomic E-state index is -0.272. The maximum absolute atomic E-state index is 11.9. The van der Waals surface area contributed by atoms with Crippen LogP contribution in [0.5, 0.6) is 0 Å². The third kappa shape index (κ3) is 3.13. The van der Waals surface area contributed by atoms with E-state index in [1.54, 1.807) is 12.4 Å². The van der Waals surface area contributed by atoms with Crippen LogP contribution < -0.4 is 10.4 Å². The van der Waals surface area contributed by atoms with E-state index in [9.17, 15) is 4.79 Å². The summed E-state index contributed by atoms with van der Waals surface area (Å²) in [5.74, 6) is 6.37. The van der Waals surface area contributed by atoms with E-state index in [1.165, 1.54) is 5.01 Å². The van der Waals surface area contributed by atoms with Gasteiger partial charge in [0.1, 0.15) is 0 Å². The molecule has 0 saturated carbocycles. The van der Waals surface area contributed by atoms with E-state index < -0.39 is 0 Å². The Morgan fingerprint density at radius 2 is 1.73 bits per heavy atom. The number of carbonyl (C=O) groups is 1. The highest BCUT2D eigenvalue weighted by Gasteiger charge is 2.37. The molecule has 1 fully saturated rings. The number of aromatic nitrogens is 2. The van der Waals surface area contributed by atoms with Gasteiger partial charge in [0.15, 0.2) is 0 Å². The van der Waals surface area contributed by atoms with E-state index in [4.69, 9.17) is 0 Å². The molecule has 1 N–H and O–H groups in total. The summed E-state index contributed by atoms with van der Waals surface area (Å²) in [5.41, 5.74) is 4.47. The van der Waals surface area contributed by atoms with Crippen molar-refractivity contribution < 1.29 is 4.79 Å². The number of carbonyl (C=O) groups excluding carboxylic acids is 1. The number of benzene rings is 1. The van der Waals surface area contributed by atoms with Gasteiger partial charge in [-0.15, -0.1) is 0 Å². The van der Waals surface area contributed by atoms with Gasteiger partial charge in [-0.3, -0.25) is 4.79 Å². The molecule has 3 rings (SSSR count). The largest absolute Gasteiger partial charge is 0.273 e. The summed E-state index contributed by atoms with van der Waals surface area (Å²) in [5, 5.41) is 1.40. The first-order chi connectivity index (χ1) is 10.5. The van der Waals surface area contributed by atoms with Crippen molar-refractivity contribution in [3.63, 3.8) is 0 Å². The van der Waals surface area contributed by atoms with Gasteiger partial charge in [-0.05, 0) is 26.0 Å². The lowest BCUT2D eigenvalue weighted by Gasteiger charge is -2.19. The van der Waals surface area contributed by atoms with Crippen LogP contribution in [0.4, 0.5) is 5.95 Å². The molecule has 22 heavy (non-hydrogen) atoms. The predicted octanol–water partition coefficient (Wildman–Crippen LogP) is 1.90. The van der Waals surface area contributed by atoms with Crippen molar-refractivity contribution in [1.82, 2.24) is 15.4 Å². The number of hydrazine groups is 1. The molecule has 1 aliphatic heterocycles. The lowest BCUT2D eigenvalue weighted by Crippen LogP contribution is -2.43. The van der Waals surface area contributed by atoms with Crippen LogP contribution in [-0.2, 0) is 4.79 Å². The second-order valence-corrected chi connectivity index (χ2v) is 5.79. The van der Waals surface area contributed by atoms with Crippen LogP contribution in [-0.4, -0.2) is 21.4 Å². The maximum Gasteiger partial charge on any atom is 0.247 e. The number of hydrogen-bond donors (Lipinski definition) is 1. The van der Waals surface area contributed by atoms with E-state index in [-0.39, 0.29) is 11.4 Å². The Morgan fingerprint density at radius 3 is 2.32 bits per heavy atom. The molecule has 0 spiro atoms. The summed E-state index contributed by atoms with van der Waals surface area (Å²) in [4.78, 5) is 20.4. The van der Waals surface area contributed by atoms with E-state index in [1.807, 2.05) is 44.2 Å². The van der Waals surface area contributed by atoms with Gasteiger partial charge in [-0.1, -0.05) is 30.0 Å². The maximum atomic E-state index is 11.9. The normalized spacial score (nSPS) is 16.3. The summed E-state index contributed by atoms with van der Waals surface area (Å²) < 4.78 is 0. The van der Waals surface area contributed by atoms with E-state index >= 15 is 0 Å². The Labute approximate surface area is 129 Å². The minimum Gasteiger partial charge on any atom is -0.273 e. The molecular weight excluding hydrogens is 276 g/mol. The fourth-order valence-electron chi connectivity index (χ4n) is 2.19. The van der Waals surface area contributed by atoms with Crippen molar-refractivity contribution in [2.75, 3.05) is 5.01 Å². The Bertz CT molecular complexity index is 742. The average molecular weight is 292 g/mol. The van der Waals surface area contributed by atoms with Crippen molar-refractivity contribution >= 4 is 11.9 Å². The molecule has 2 heterocycles. The monoisotopic (exact) mass is 292 g/mol. The summed E-state index contributed by atoms with van der Waals surface area (Å²) in [6, 6.07) is 9.71. The molecule has 1 aromatic carbocycles. The third-order valence-electron chi connectivity index (χ3n) is 3.22. The molecule has 0 radical (unpaired) electrons. The molecule has 0 aliphatic carbocycles. The highest BCUT2D eigenvalue weighted by Crippen LogP contribution is 2.21. The smallest absolute Gasteiger partial charge is 0.247 e. The van der Waals surface area contributed by atoms with E-state index in [0.717, 1.165) is 5.56 Å². The summed E-state index contributed by atoms with van der Waals surface area (Å²) >= 11 is 0. The fourth-order valence-corrected chi connectivity index (χ4v) is 2.19. The van der Waals surface area contributed by atoms with Gasteiger partial charge in [0.25, 0.3) is 0 Å². The van der Waals surface area contributed by atoms with Gasteiger partial charge in [-0.25, -0.2) is 20.4 Å². The van der Waals surface area contributed by atoms with E-state index in [0.29, 0.717) is 17.9 Å². The molecule has 1 amide bonds. The van der Waals surface area contributed by atoms with Crippen molar-refractivity contribution in [2.24, 2.45) is 0 Å². The van der Waals surface area contributed by atoms with Crippen molar-refractivity contribution in [3.8, 4) is 11.8 Å². The molecule has 0 atom stereocenters. The molecule has 110 valence electrons. The molecule has 0 bridgehead atoms. The highest BCUT2D eigenvalue weighted by atomic mass is 16.2. The second kappa shape index (κ2) is 5.58. The van der Waals surface area contributed by atoms with Gasteiger partial charge in [0.2, 0.25) is 11.9 Å². The number of rotatable bonds is 1. The molecular formula is C17H16N4O. The Morgan fingerprint density at radius 1 is 1.09 bits per heavy atom. The first kappa shape index (κ1) is 14.2. The first-order valence-electron chi connectivity index (χ1n) is 7.03. The van der Waals surface area contributed by atoms with Crippen LogP contribution in [0, 0.1) is 11.8 Å². The lowest BCUT2D eigenvalue weighted by molar-refractivity contribution is -0.117. The van der Waals surface area contributed by atoms with Crippen molar-refractivity contribution in [2.45, 2.75) is 25.8 Å². The molecule has 5 heteroatoms. The first-order valence-corrected chi connectivity index (χ1v) is 7.03. The van der Waals surface area contributed by atoms with Crippen molar-refractivity contribution in [1.29, 1.82) is 0 Å².